The van der Waals surface area contributed by atoms with E-state index in [9.17, 15) is 19.2 Å². The molecule has 172 valence electrons. The van der Waals surface area contributed by atoms with Gasteiger partial charge in [0.25, 0.3) is 0 Å². The van der Waals surface area contributed by atoms with Gasteiger partial charge in [-0.2, -0.15) is 0 Å². The topological polar surface area (TPSA) is 108 Å². The number of nitrogens with zero attached hydrogens (tertiary/aromatic N) is 1. The molecule has 0 atom stereocenters. The maximum Gasteiger partial charge on any atom is 0.306 e. The van der Waals surface area contributed by atoms with E-state index in [4.69, 9.17) is 9.47 Å². The van der Waals surface area contributed by atoms with Crippen LogP contribution in [0.2, 0.25) is 0 Å². The van der Waals surface area contributed by atoms with Crippen molar-refractivity contribution in [3.63, 3.8) is 0 Å². The number of methoxy groups -OCH3 is 2. The first-order valence-electron chi connectivity index (χ1n) is 10.2. The van der Waals surface area contributed by atoms with Crippen LogP contribution in [0.1, 0.15) is 66.2 Å². The van der Waals surface area contributed by atoms with Gasteiger partial charge in [-0.25, -0.2) is 0 Å². The predicted octanol–water partition coefficient (Wildman–Crippen LogP) is 2.00. The van der Waals surface area contributed by atoms with Gasteiger partial charge in [0.05, 0.1) is 39.9 Å². The fraction of sp³-hybridized carbons (Fsp3) is 0.810. The molecule has 1 aliphatic rings. The summed E-state index contributed by atoms with van der Waals surface area (Å²) in [5.41, 5.74) is -0.596. The van der Waals surface area contributed by atoms with Crippen LogP contribution in [0.25, 0.3) is 0 Å². The van der Waals surface area contributed by atoms with E-state index in [0.717, 1.165) is 0 Å². The first kappa shape index (κ1) is 25.9. The largest absolute Gasteiger partial charge is 0.469 e. The Kier molecular flexibility index (Phi) is 9.74. The average Bonchev–Trinajstić information content (AvgIpc) is 2.65. The van der Waals surface area contributed by atoms with Crippen molar-refractivity contribution in [3.8, 4) is 0 Å². The summed E-state index contributed by atoms with van der Waals surface area (Å²) in [6.45, 7) is 8.96. The summed E-state index contributed by atoms with van der Waals surface area (Å²) in [7, 11) is 2.56. The van der Waals surface area contributed by atoms with Crippen molar-refractivity contribution < 1.29 is 38.1 Å². The second-order valence-electron chi connectivity index (χ2n) is 8.67. The monoisotopic (exact) mass is 429 g/mol. The van der Waals surface area contributed by atoms with E-state index in [1.54, 1.807) is 0 Å². The molecule has 1 saturated heterocycles. The molecule has 0 spiro atoms. The molecule has 1 rings (SSSR count). The predicted molar refractivity (Wildman–Crippen MR) is 107 cm³/mol. The zero-order chi connectivity index (χ0) is 22.9. The molecule has 0 aromatic rings. The van der Waals surface area contributed by atoms with Gasteiger partial charge in [-0.1, -0.05) is 0 Å². The maximum absolute atomic E-state index is 12.1. The number of likely N-dealkylation sites (tertiary alicyclic amines) is 1. The third kappa shape index (κ3) is 8.30. The summed E-state index contributed by atoms with van der Waals surface area (Å²) >= 11 is 0. The van der Waals surface area contributed by atoms with Gasteiger partial charge in [0.1, 0.15) is 12.7 Å². The Morgan fingerprint density at radius 1 is 0.767 bits per heavy atom. The Bertz CT molecular complexity index is 610. The summed E-state index contributed by atoms with van der Waals surface area (Å²) < 4.78 is 19.9. The highest BCUT2D eigenvalue weighted by atomic mass is 16.5. The lowest BCUT2D eigenvalue weighted by atomic mass is 9.78. The van der Waals surface area contributed by atoms with E-state index in [-0.39, 0.29) is 49.5 Å². The van der Waals surface area contributed by atoms with Gasteiger partial charge >= 0.3 is 23.9 Å². The van der Waals surface area contributed by atoms with Crippen molar-refractivity contribution in [3.05, 3.63) is 0 Å². The molecule has 9 nitrogen and oxygen atoms in total. The highest BCUT2D eigenvalue weighted by molar-refractivity contribution is 5.78. The minimum absolute atomic E-state index is 0.000933. The summed E-state index contributed by atoms with van der Waals surface area (Å²) in [6, 6.07) is 0. The number of ether oxygens (including phenoxy) is 4. The lowest BCUT2D eigenvalue weighted by Gasteiger charge is -2.54. The van der Waals surface area contributed by atoms with E-state index >= 15 is 0 Å². The molecule has 1 fully saturated rings. The summed E-state index contributed by atoms with van der Waals surface area (Å²) in [5.74, 6) is -1.74. The highest BCUT2D eigenvalue weighted by Gasteiger charge is 2.46. The quantitative estimate of drug-likeness (QED) is 0.380. The number of piperidine rings is 1. The fourth-order valence-electron chi connectivity index (χ4n) is 4.10. The van der Waals surface area contributed by atoms with Crippen LogP contribution in [0.3, 0.4) is 0 Å². The molecular weight excluding hydrogens is 394 g/mol. The minimum Gasteiger partial charge on any atom is -0.469 e. The van der Waals surface area contributed by atoms with Gasteiger partial charge in [-0.3, -0.25) is 24.1 Å². The highest BCUT2D eigenvalue weighted by Crippen LogP contribution is 2.39. The molecule has 0 saturated carbocycles. The van der Waals surface area contributed by atoms with Crippen LogP contribution in [-0.4, -0.2) is 73.3 Å². The Morgan fingerprint density at radius 2 is 1.20 bits per heavy atom. The second kappa shape index (κ2) is 11.3. The molecule has 0 N–H and O–H groups in total. The summed E-state index contributed by atoms with van der Waals surface area (Å²) in [6.07, 6.45) is 0.964. The van der Waals surface area contributed by atoms with E-state index in [1.165, 1.54) is 14.2 Å². The van der Waals surface area contributed by atoms with E-state index in [1.807, 2.05) is 0 Å². The Morgan fingerprint density at radius 3 is 1.67 bits per heavy atom. The number of hydrogen-bond acceptors (Lipinski definition) is 9. The van der Waals surface area contributed by atoms with Gasteiger partial charge in [0.15, 0.2) is 0 Å². The maximum atomic E-state index is 12.1. The lowest BCUT2D eigenvalue weighted by molar-refractivity contribution is -0.164. The van der Waals surface area contributed by atoms with Crippen LogP contribution in [0.4, 0.5) is 0 Å². The van der Waals surface area contributed by atoms with Crippen molar-refractivity contribution in [2.24, 2.45) is 0 Å². The molecule has 0 bridgehead atoms. The van der Waals surface area contributed by atoms with E-state index in [0.29, 0.717) is 19.4 Å². The van der Waals surface area contributed by atoms with Crippen LogP contribution in [-0.2, 0) is 38.1 Å². The van der Waals surface area contributed by atoms with Crippen LogP contribution in [0.15, 0.2) is 0 Å². The van der Waals surface area contributed by atoms with Crippen molar-refractivity contribution >= 4 is 23.9 Å². The van der Waals surface area contributed by atoms with Crippen molar-refractivity contribution in [1.29, 1.82) is 0 Å². The number of esters is 4. The molecule has 1 heterocycles. The first-order valence-corrected chi connectivity index (χ1v) is 10.2. The smallest absolute Gasteiger partial charge is 0.306 e. The molecule has 0 unspecified atom stereocenters. The van der Waals surface area contributed by atoms with Crippen molar-refractivity contribution in [2.75, 3.05) is 27.4 Å². The molecule has 0 radical (unpaired) electrons. The number of rotatable bonds is 10. The third-order valence-corrected chi connectivity index (χ3v) is 5.31. The zero-order valence-electron chi connectivity index (χ0n) is 18.9. The van der Waals surface area contributed by atoms with Crippen molar-refractivity contribution in [2.45, 2.75) is 83.4 Å². The van der Waals surface area contributed by atoms with Gasteiger partial charge in [0, 0.05) is 30.5 Å². The van der Waals surface area contributed by atoms with Crippen LogP contribution in [0.5, 0.6) is 0 Å². The molecule has 1 aliphatic heterocycles. The van der Waals surface area contributed by atoms with Gasteiger partial charge < -0.3 is 18.9 Å². The number of hydrogen-bond donors (Lipinski definition) is 0. The standard InChI is InChI=1S/C21H35NO8/c1-20(2)13-15(30-19(26)10-8-17(24)28-6)14-21(3,4)22(20)11-12-29-18(25)9-7-16(23)27-5/h15H,7-14H2,1-6H3. The van der Waals surface area contributed by atoms with Gasteiger partial charge in [-0.05, 0) is 27.7 Å². The molecule has 30 heavy (non-hydrogen) atoms. The molecule has 9 heteroatoms. The zero-order valence-corrected chi connectivity index (χ0v) is 18.9. The lowest BCUT2D eigenvalue weighted by Crippen LogP contribution is -2.63. The molecule has 0 aromatic carbocycles. The molecule has 0 amide bonds. The summed E-state index contributed by atoms with van der Waals surface area (Å²) in [4.78, 5) is 48.4. The second-order valence-corrected chi connectivity index (χ2v) is 8.67. The van der Waals surface area contributed by atoms with Gasteiger partial charge in [-0.15, -0.1) is 0 Å². The van der Waals surface area contributed by atoms with Crippen LogP contribution in [0, 0.1) is 0 Å². The summed E-state index contributed by atoms with van der Waals surface area (Å²) in [5, 5.41) is 0. The fourth-order valence-corrected chi connectivity index (χ4v) is 4.10. The number of carbonyl (C=O) groups excluding carboxylic acids is 4. The number of carbonyl (C=O) groups is 4. The first-order chi connectivity index (χ1) is 13.9. The van der Waals surface area contributed by atoms with Crippen LogP contribution >= 0.6 is 0 Å². The van der Waals surface area contributed by atoms with Gasteiger partial charge in [0.2, 0.25) is 0 Å². The van der Waals surface area contributed by atoms with Crippen molar-refractivity contribution in [1.82, 2.24) is 4.90 Å². The minimum atomic E-state index is -0.447. The van der Waals surface area contributed by atoms with E-state index in [2.05, 4.69) is 42.1 Å². The molecule has 0 aliphatic carbocycles. The normalized spacial score (nSPS) is 18.3. The molecule has 0 aromatic heterocycles. The Labute approximate surface area is 178 Å². The average molecular weight is 430 g/mol. The molecular formula is C21H35NO8. The van der Waals surface area contributed by atoms with Crippen LogP contribution < -0.4 is 0 Å². The third-order valence-electron chi connectivity index (χ3n) is 5.31. The van der Waals surface area contributed by atoms with E-state index < -0.39 is 23.9 Å². The Hall–Kier alpha value is -2.16. The Balaban J connectivity index is 2.56. The SMILES string of the molecule is COC(=O)CCC(=O)OCCN1C(C)(C)CC(OC(=O)CCC(=O)OC)CC1(C)C.